The zero-order valence-corrected chi connectivity index (χ0v) is 24.8. The molecule has 0 spiro atoms. The highest BCUT2D eigenvalue weighted by Gasteiger charge is 2.38. The molecule has 1 atom stereocenters. The highest BCUT2D eigenvalue weighted by molar-refractivity contribution is 7.92. The molecule has 11 nitrogen and oxygen atoms in total. The van der Waals surface area contributed by atoms with Gasteiger partial charge in [0.25, 0.3) is 0 Å². The van der Waals surface area contributed by atoms with E-state index in [2.05, 4.69) is 51.5 Å². The summed E-state index contributed by atoms with van der Waals surface area (Å²) in [6.07, 6.45) is 4.80. The van der Waals surface area contributed by atoms with E-state index in [1.807, 2.05) is 30.5 Å². The first-order valence-corrected chi connectivity index (χ1v) is 15.8. The zero-order chi connectivity index (χ0) is 28.9. The summed E-state index contributed by atoms with van der Waals surface area (Å²) in [5.41, 5.74) is 13.0. The van der Waals surface area contributed by atoms with Crippen LogP contribution >= 0.6 is 0 Å². The summed E-state index contributed by atoms with van der Waals surface area (Å²) in [7, 11) is 0.369. The molecule has 0 aliphatic carbocycles. The van der Waals surface area contributed by atoms with Gasteiger partial charge in [-0.15, -0.1) is 0 Å². The minimum Gasteiger partial charge on any atom is -0.496 e. The van der Waals surface area contributed by atoms with Gasteiger partial charge in [0.15, 0.2) is 0 Å². The number of ether oxygens (including phenoxy) is 1. The van der Waals surface area contributed by atoms with Crippen molar-refractivity contribution in [3.8, 4) is 5.75 Å². The van der Waals surface area contributed by atoms with E-state index in [1.54, 1.807) is 7.11 Å². The van der Waals surface area contributed by atoms with Gasteiger partial charge in [0, 0.05) is 44.1 Å². The number of fused-ring (bicyclic) bond motifs is 2. The molecular formula is C29H38N8O3S. The summed E-state index contributed by atoms with van der Waals surface area (Å²) in [5.74, 6) is 0.509. The van der Waals surface area contributed by atoms with Gasteiger partial charge < -0.3 is 30.2 Å². The van der Waals surface area contributed by atoms with E-state index < -0.39 is 15.8 Å². The molecule has 3 aliphatic rings. The number of hydrogen-bond acceptors (Lipinski definition) is 9. The SMILES string of the molecule is COc1cc(N2CCCN(C)CC2)c(C)cc1C1(N)N=C(Nc2cccc3c2N(S(C)(=O)=O)CC3)c2cc[nH]c2N1. The molecule has 6 rings (SSSR count). The van der Waals surface area contributed by atoms with Crippen LogP contribution in [0.4, 0.5) is 22.9 Å². The number of anilines is 4. The Morgan fingerprint density at radius 2 is 1.95 bits per heavy atom. The van der Waals surface area contributed by atoms with Crippen LogP contribution < -0.4 is 30.3 Å². The summed E-state index contributed by atoms with van der Waals surface area (Å²) < 4.78 is 32.5. The molecule has 4 heterocycles. The number of rotatable bonds is 5. The number of likely N-dealkylation sites (N-methyl/N-ethyl adjacent to an activating group) is 1. The monoisotopic (exact) mass is 578 g/mol. The summed E-state index contributed by atoms with van der Waals surface area (Å²) in [6.45, 7) is 6.50. The lowest BCUT2D eigenvalue weighted by Crippen LogP contribution is -2.47. The number of nitrogens with two attached hydrogens (primary N) is 1. The highest BCUT2D eigenvalue weighted by Crippen LogP contribution is 2.41. The third-order valence-electron chi connectivity index (χ3n) is 8.20. The number of amidine groups is 1. The third-order valence-corrected chi connectivity index (χ3v) is 9.37. The van der Waals surface area contributed by atoms with Gasteiger partial charge in [0.1, 0.15) is 17.4 Å². The summed E-state index contributed by atoms with van der Waals surface area (Å²) >= 11 is 0. The molecule has 0 radical (unpaired) electrons. The molecule has 1 aromatic heterocycles. The first kappa shape index (κ1) is 27.4. The molecule has 218 valence electrons. The second kappa shape index (κ2) is 10.3. The van der Waals surface area contributed by atoms with Crippen LogP contribution in [0.25, 0.3) is 0 Å². The number of aryl methyl sites for hydroxylation is 1. The number of aromatic amines is 1. The smallest absolute Gasteiger partial charge is 0.232 e. The highest BCUT2D eigenvalue weighted by atomic mass is 32.2. The second-order valence-electron chi connectivity index (χ2n) is 11.1. The minimum absolute atomic E-state index is 0.410. The first-order valence-electron chi connectivity index (χ1n) is 13.9. The molecule has 5 N–H and O–H groups in total. The van der Waals surface area contributed by atoms with Crippen LogP contribution in [0, 0.1) is 6.92 Å². The average molecular weight is 579 g/mol. The molecule has 3 aliphatic heterocycles. The molecule has 0 saturated carbocycles. The van der Waals surface area contributed by atoms with Crippen molar-refractivity contribution in [2.45, 2.75) is 25.6 Å². The van der Waals surface area contributed by atoms with E-state index in [4.69, 9.17) is 15.5 Å². The molecule has 41 heavy (non-hydrogen) atoms. The van der Waals surface area contributed by atoms with E-state index in [9.17, 15) is 8.42 Å². The van der Waals surface area contributed by atoms with Crippen LogP contribution in [0.3, 0.4) is 0 Å². The summed E-state index contributed by atoms with van der Waals surface area (Å²) in [4.78, 5) is 13.0. The minimum atomic E-state index is -3.44. The standard InChI is InChI=1S/C29H38N8O3S/c1-19-17-22(25(40-3)18-24(19)36-13-6-12-35(2)15-16-36)29(30)33-27-21(9-11-31-27)28(34-29)32-23-8-5-7-20-10-14-37(26(20)23)41(4,38)39/h5,7-9,11,17-18,31,33H,6,10,12-16,30H2,1-4H3,(H,32,34). The number of aliphatic imine (C=N–C) groups is 1. The van der Waals surface area contributed by atoms with Crippen molar-refractivity contribution in [1.82, 2.24) is 9.88 Å². The zero-order valence-electron chi connectivity index (χ0n) is 24.0. The summed E-state index contributed by atoms with van der Waals surface area (Å²) in [5, 5.41) is 6.80. The van der Waals surface area contributed by atoms with Crippen molar-refractivity contribution in [1.29, 1.82) is 0 Å². The Hall–Kier alpha value is -3.74. The van der Waals surface area contributed by atoms with Crippen molar-refractivity contribution in [2.24, 2.45) is 10.7 Å². The molecule has 1 fully saturated rings. The molecule has 1 unspecified atom stereocenters. The second-order valence-corrected chi connectivity index (χ2v) is 13.0. The number of para-hydroxylation sites is 1. The van der Waals surface area contributed by atoms with E-state index in [1.165, 1.54) is 10.6 Å². The number of sulfonamides is 1. The largest absolute Gasteiger partial charge is 0.496 e. The van der Waals surface area contributed by atoms with E-state index in [0.717, 1.165) is 55.0 Å². The van der Waals surface area contributed by atoms with E-state index >= 15 is 0 Å². The van der Waals surface area contributed by atoms with Crippen LogP contribution in [0.2, 0.25) is 0 Å². The van der Waals surface area contributed by atoms with Gasteiger partial charge in [-0.25, -0.2) is 13.4 Å². The lowest BCUT2D eigenvalue weighted by Gasteiger charge is -2.35. The molecule has 12 heteroatoms. The van der Waals surface area contributed by atoms with Crippen LogP contribution in [-0.2, 0) is 22.2 Å². The molecular weight excluding hydrogens is 540 g/mol. The fraction of sp³-hybridized carbons (Fsp3) is 0.414. The molecule has 0 amide bonds. The lowest BCUT2D eigenvalue weighted by molar-refractivity contribution is 0.360. The van der Waals surface area contributed by atoms with Crippen LogP contribution in [0.5, 0.6) is 5.75 Å². The Morgan fingerprint density at radius 3 is 2.73 bits per heavy atom. The van der Waals surface area contributed by atoms with Gasteiger partial charge in [-0.3, -0.25) is 10.0 Å². The predicted molar refractivity (Wildman–Crippen MR) is 165 cm³/mol. The van der Waals surface area contributed by atoms with E-state index in [0.29, 0.717) is 47.3 Å². The molecule has 2 aromatic carbocycles. The predicted octanol–water partition coefficient (Wildman–Crippen LogP) is 2.85. The number of methoxy groups -OCH3 is 1. The topological polar surface area (TPSA) is 131 Å². The van der Waals surface area contributed by atoms with Crippen molar-refractivity contribution in [2.75, 3.05) is 73.0 Å². The van der Waals surface area contributed by atoms with Crippen molar-refractivity contribution in [3.63, 3.8) is 0 Å². The lowest BCUT2D eigenvalue weighted by atomic mass is 10.00. The van der Waals surface area contributed by atoms with Gasteiger partial charge in [0.2, 0.25) is 15.8 Å². The van der Waals surface area contributed by atoms with Crippen molar-refractivity contribution < 1.29 is 13.2 Å². The number of hydrogen-bond donors (Lipinski definition) is 4. The Morgan fingerprint density at radius 1 is 1.12 bits per heavy atom. The Bertz CT molecular complexity index is 1620. The van der Waals surface area contributed by atoms with Crippen LogP contribution in [0.15, 0.2) is 47.6 Å². The van der Waals surface area contributed by atoms with Gasteiger partial charge in [-0.2, -0.15) is 0 Å². The number of nitrogens with zero attached hydrogens (tertiary/aromatic N) is 4. The number of H-pyrrole nitrogens is 1. The number of benzene rings is 2. The Kier molecular flexibility index (Phi) is 6.87. The molecule has 3 aromatic rings. The van der Waals surface area contributed by atoms with Crippen LogP contribution in [-0.4, -0.2) is 77.3 Å². The maximum absolute atomic E-state index is 12.6. The number of aromatic nitrogens is 1. The quantitative estimate of drug-likeness (QED) is 0.364. The van der Waals surface area contributed by atoms with Crippen molar-refractivity contribution >= 4 is 38.7 Å². The normalized spacial score (nSPS) is 21.0. The summed E-state index contributed by atoms with van der Waals surface area (Å²) in [6, 6.07) is 11.8. The molecule has 1 saturated heterocycles. The van der Waals surface area contributed by atoms with E-state index in [-0.39, 0.29) is 0 Å². The molecule has 0 bridgehead atoms. The maximum atomic E-state index is 12.6. The third kappa shape index (κ3) is 5.00. The Balaban J connectivity index is 1.41. The van der Waals surface area contributed by atoms with Crippen molar-refractivity contribution in [3.05, 3.63) is 64.8 Å². The van der Waals surface area contributed by atoms with Gasteiger partial charge in [-0.05, 0) is 62.7 Å². The average Bonchev–Trinajstić information content (AvgIpc) is 3.53. The number of nitrogens with one attached hydrogen (secondary N) is 3. The van der Waals surface area contributed by atoms with Crippen LogP contribution in [0.1, 0.15) is 28.7 Å². The first-order chi connectivity index (χ1) is 19.6. The van der Waals surface area contributed by atoms with Gasteiger partial charge in [-0.1, -0.05) is 12.1 Å². The fourth-order valence-electron chi connectivity index (χ4n) is 6.10. The Labute approximate surface area is 241 Å². The fourth-order valence-corrected chi connectivity index (χ4v) is 7.07. The maximum Gasteiger partial charge on any atom is 0.232 e. The van der Waals surface area contributed by atoms with Gasteiger partial charge >= 0.3 is 0 Å². The van der Waals surface area contributed by atoms with Gasteiger partial charge in [0.05, 0.1) is 35.9 Å².